The molecule has 4 N–H and O–H groups in total. The van der Waals surface area contributed by atoms with Gasteiger partial charge in [0.25, 0.3) is 0 Å². The lowest BCUT2D eigenvalue weighted by molar-refractivity contribution is -0.0334. The summed E-state index contributed by atoms with van der Waals surface area (Å²) in [5, 5.41) is 7.92. The minimum absolute atomic E-state index is 0.240. The molecule has 4 aliphatic heterocycles. The van der Waals surface area contributed by atoms with Crippen LogP contribution in [0.3, 0.4) is 0 Å². The highest BCUT2D eigenvalue weighted by atomic mass is 16.7. The lowest BCUT2D eigenvalue weighted by Gasteiger charge is -2.49. The van der Waals surface area contributed by atoms with Gasteiger partial charge in [0, 0.05) is 48.1 Å². The maximum absolute atomic E-state index is 6.31. The van der Waals surface area contributed by atoms with Crippen LogP contribution in [0.25, 0.3) is 0 Å². The molecule has 8 nitrogen and oxygen atoms in total. The van der Waals surface area contributed by atoms with Crippen LogP contribution in [0.1, 0.15) is 231 Å². The first-order valence-electron chi connectivity index (χ1n) is 30.6. The van der Waals surface area contributed by atoms with Gasteiger partial charge in [-0.3, -0.25) is 30.1 Å². The number of hydrogen-bond donors (Lipinski definition) is 4. The summed E-state index contributed by atoms with van der Waals surface area (Å²) in [7, 11) is 0. The number of likely N-dealkylation sites (tertiary alicyclic amines) is 2. The molecule has 4 saturated heterocycles. The van der Waals surface area contributed by atoms with Crippen LogP contribution in [0.4, 0.5) is 0 Å². The lowest BCUT2D eigenvalue weighted by Crippen LogP contribution is -2.53. The van der Waals surface area contributed by atoms with E-state index < -0.39 is 0 Å². The number of rotatable bonds is 8. The van der Waals surface area contributed by atoms with Crippen molar-refractivity contribution < 1.29 is 9.68 Å². The molecule has 16 atom stereocenters. The van der Waals surface area contributed by atoms with Crippen molar-refractivity contribution in [3.63, 3.8) is 0 Å². The maximum Gasteiger partial charge on any atom is 0.133 e. The Morgan fingerprint density at radius 1 is 0.288 bits per heavy atom. The van der Waals surface area contributed by atoms with Gasteiger partial charge in [0.05, 0.1) is 12.3 Å². The molecule has 0 aromatic rings. The van der Waals surface area contributed by atoms with Crippen molar-refractivity contribution in [2.24, 2.45) is 71.0 Å². The highest BCUT2D eigenvalue weighted by Gasteiger charge is 2.64. The van der Waals surface area contributed by atoms with Crippen LogP contribution in [0, 0.1) is 71.0 Å². The SMILES string of the molecule is C1CCC(C2NOC(C3CCC(C4CCCC(N5C6CCCCC6C6C7C8CCCCC8N(C8CCCC(C9CCC(C%10NC(C%11CCCCC%11)NO%10)CC9)C8)C7CCC65)C4)CC3)N2)CC1. The van der Waals surface area contributed by atoms with E-state index in [1.807, 2.05) is 0 Å². The highest BCUT2D eigenvalue weighted by molar-refractivity contribution is 5.16. The number of hydroxylamine groups is 2. The van der Waals surface area contributed by atoms with Crippen molar-refractivity contribution in [3.05, 3.63) is 0 Å². The summed E-state index contributed by atoms with van der Waals surface area (Å²) >= 11 is 0. The van der Waals surface area contributed by atoms with Crippen molar-refractivity contribution >= 4 is 0 Å². The fourth-order valence-electron chi connectivity index (χ4n) is 20.9. The van der Waals surface area contributed by atoms with Crippen LogP contribution in [-0.4, -0.2) is 70.8 Å². The van der Waals surface area contributed by atoms with Gasteiger partial charge in [0.1, 0.15) is 12.5 Å². The van der Waals surface area contributed by atoms with Gasteiger partial charge < -0.3 is 0 Å². The van der Waals surface area contributed by atoms with Gasteiger partial charge in [0.2, 0.25) is 0 Å². The second-order valence-electron chi connectivity index (χ2n) is 26.7. The molecule has 0 radical (unpaired) electrons. The smallest absolute Gasteiger partial charge is 0.133 e. The summed E-state index contributed by atoms with van der Waals surface area (Å²) in [6, 6.07) is 5.36. The van der Waals surface area contributed by atoms with Crippen molar-refractivity contribution in [1.82, 2.24) is 31.4 Å². The van der Waals surface area contributed by atoms with E-state index in [0.717, 1.165) is 95.4 Å². The Balaban J connectivity index is 0.650. The van der Waals surface area contributed by atoms with Crippen molar-refractivity contribution in [3.8, 4) is 0 Å². The third-order valence-electron chi connectivity index (χ3n) is 23.8. The summed E-state index contributed by atoms with van der Waals surface area (Å²) in [6.07, 6.45) is 53.9. The van der Waals surface area contributed by atoms with E-state index in [1.54, 1.807) is 12.8 Å². The molecule has 9 saturated carbocycles. The fourth-order valence-corrected chi connectivity index (χ4v) is 20.9. The molecule has 372 valence electrons. The molecular weight excluding hydrogens is 813 g/mol. The number of hydrogen-bond acceptors (Lipinski definition) is 8. The number of nitrogens with zero attached hydrogens (tertiary/aromatic N) is 2. The molecule has 13 fully saturated rings. The molecule has 66 heavy (non-hydrogen) atoms. The Bertz CT molecular complexity index is 1460. The van der Waals surface area contributed by atoms with Gasteiger partial charge in [-0.25, -0.2) is 0 Å². The Kier molecular flexibility index (Phi) is 14.0. The Morgan fingerprint density at radius 2 is 0.667 bits per heavy atom. The average molecular weight is 911 g/mol. The molecule has 13 rings (SSSR count). The zero-order chi connectivity index (χ0) is 43.6. The normalized spacial score (nSPS) is 51.3. The topological polar surface area (TPSA) is 73.1 Å². The van der Waals surface area contributed by atoms with Crippen LogP contribution in [0.15, 0.2) is 0 Å². The van der Waals surface area contributed by atoms with Crippen LogP contribution < -0.4 is 21.6 Å². The van der Waals surface area contributed by atoms with Gasteiger partial charge in [-0.05, 0) is 200 Å². The third-order valence-corrected chi connectivity index (χ3v) is 23.8. The van der Waals surface area contributed by atoms with Crippen molar-refractivity contribution in [2.75, 3.05) is 0 Å². The molecule has 8 heteroatoms. The van der Waals surface area contributed by atoms with Gasteiger partial charge in [-0.2, -0.15) is 11.0 Å². The molecule has 0 aromatic carbocycles. The van der Waals surface area contributed by atoms with Gasteiger partial charge in [0.15, 0.2) is 0 Å². The quantitative estimate of drug-likeness (QED) is 0.192. The van der Waals surface area contributed by atoms with Gasteiger partial charge >= 0.3 is 0 Å². The summed E-state index contributed by atoms with van der Waals surface area (Å²) in [6.45, 7) is 0. The first-order valence-corrected chi connectivity index (χ1v) is 30.6. The summed E-state index contributed by atoms with van der Waals surface area (Å²) in [5.41, 5.74) is 6.97. The Hall–Kier alpha value is -0.320. The minimum Gasteiger partial charge on any atom is -0.294 e. The Labute approximate surface area is 402 Å². The summed E-state index contributed by atoms with van der Waals surface area (Å²) in [4.78, 5) is 19.4. The average Bonchev–Trinajstić information content (AvgIpc) is 4.21. The first kappa shape index (κ1) is 45.5. The zero-order valence-electron chi connectivity index (χ0n) is 41.9. The van der Waals surface area contributed by atoms with E-state index in [4.69, 9.17) is 9.68 Å². The van der Waals surface area contributed by atoms with E-state index in [1.165, 1.54) is 218 Å². The lowest BCUT2D eigenvalue weighted by atomic mass is 9.61. The molecule has 0 spiro atoms. The second-order valence-corrected chi connectivity index (χ2v) is 26.7. The standard InChI is InChI=1S/C58H98N6O2/c1-3-13-39(14-4-1)55-59-57(65-61-55)41-29-25-37(26-30-41)43-17-11-19-45(35-43)63-49-23-9-7-21-47(49)53-51(63)33-34-52-54(53)48-22-8-10-24-50(48)64(52)46-20-12-18-44(36-46)38-27-31-42(32-28-38)58-60-56(62-66-58)40-15-5-2-6-16-40/h37-62H,1-36H2. The van der Waals surface area contributed by atoms with Crippen LogP contribution >= 0.6 is 0 Å². The minimum atomic E-state index is 0.240. The molecule has 0 aromatic heterocycles. The highest BCUT2D eigenvalue weighted by Crippen LogP contribution is 2.62. The monoisotopic (exact) mass is 911 g/mol. The van der Waals surface area contributed by atoms with Crippen LogP contribution in [0.5, 0.6) is 0 Å². The fraction of sp³-hybridized carbons (Fsp3) is 1.00. The number of nitrogens with one attached hydrogen (secondary N) is 4. The van der Waals surface area contributed by atoms with Crippen LogP contribution in [-0.2, 0) is 9.68 Å². The largest absolute Gasteiger partial charge is 0.294 e. The molecule has 13 aliphatic rings. The molecule has 4 heterocycles. The predicted octanol–water partition coefficient (Wildman–Crippen LogP) is 11.9. The molecular formula is C58H98N6O2. The molecule has 16 unspecified atom stereocenters. The molecule has 0 amide bonds. The van der Waals surface area contributed by atoms with Crippen molar-refractivity contribution in [2.45, 2.75) is 292 Å². The van der Waals surface area contributed by atoms with E-state index in [9.17, 15) is 0 Å². The van der Waals surface area contributed by atoms with Gasteiger partial charge in [-0.1, -0.05) is 89.9 Å². The summed E-state index contributed by atoms with van der Waals surface area (Å²) in [5.74, 6) is 10.8. The molecule has 9 aliphatic carbocycles. The van der Waals surface area contributed by atoms with Crippen LogP contribution in [0.2, 0.25) is 0 Å². The zero-order valence-corrected chi connectivity index (χ0v) is 41.9. The van der Waals surface area contributed by atoms with E-state index in [0.29, 0.717) is 24.2 Å². The number of fused-ring (bicyclic) bond motifs is 7. The maximum atomic E-state index is 6.31. The third kappa shape index (κ3) is 8.79. The van der Waals surface area contributed by atoms with E-state index in [-0.39, 0.29) is 12.5 Å². The Morgan fingerprint density at radius 3 is 1.11 bits per heavy atom. The predicted molar refractivity (Wildman–Crippen MR) is 264 cm³/mol. The second kappa shape index (κ2) is 20.3. The van der Waals surface area contributed by atoms with Crippen molar-refractivity contribution in [1.29, 1.82) is 0 Å². The first-order chi connectivity index (χ1) is 32.7. The van der Waals surface area contributed by atoms with E-state index in [2.05, 4.69) is 31.4 Å². The summed E-state index contributed by atoms with van der Waals surface area (Å²) < 4.78 is 0. The molecule has 0 bridgehead atoms. The van der Waals surface area contributed by atoms with Gasteiger partial charge in [-0.15, -0.1) is 0 Å². The van der Waals surface area contributed by atoms with E-state index >= 15 is 0 Å².